The molecule has 2 aliphatic rings. The fourth-order valence-electron chi connectivity index (χ4n) is 5.12. The van der Waals surface area contributed by atoms with Crippen molar-refractivity contribution >= 4 is 35.4 Å². The lowest BCUT2D eigenvalue weighted by Crippen LogP contribution is -2.49. The van der Waals surface area contributed by atoms with Crippen LogP contribution in [0.4, 0.5) is 0 Å². The monoisotopic (exact) mass is 640 g/mol. The van der Waals surface area contributed by atoms with Crippen LogP contribution >= 0.6 is 11.6 Å². The van der Waals surface area contributed by atoms with Crippen LogP contribution in [0.2, 0.25) is 5.02 Å². The third-order valence-corrected chi connectivity index (χ3v) is 7.93. The number of cyclic esters (lactones) is 2. The van der Waals surface area contributed by atoms with E-state index in [0.717, 1.165) is 5.56 Å². The number of carbonyl (C=O) groups excluding carboxylic acids is 4. The van der Waals surface area contributed by atoms with E-state index in [-0.39, 0.29) is 43.9 Å². The highest BCUT2D eigenvalue weighted by Crippen LogP contribution is 2.42. The van der Waals surface area contributed by atoms with Crippen LogP contribution in [-0.2, 0) is 39.8 Å². The molecule has 2 aromatic rings. The van der Waals surface area contributed by atoms with E-state index in [1.165, 1.54) is 13.2 Å². The van der Waals surface area contributed by atoms with Crippen LogP contribution in [0, 0.1) is 11.8 Å². The van der Waals surface area contributed by atoms with Crippen LogP contribution in [0.1, 0.15) is 57.3 Å². The summed E-state index contributed by atoms with van der Waals surface area (Å²) in [5.74, 6) is -2.51. The molecule has 1 saturated heterocycles. The minimum atomic E-state index is -1.11. The van der Waals surface area contributed by atoms with E-state index in [1.807, 2.05) is 44.2 Å². The minimum absolute atomic E-state index is 0.0411. The third-order valence-electron chi connectivity index (χ3n) is 7.64. The summed E-state index contributed by atoms with van der Waals surface area (Å²) in [7, 11) is 1.50. The van der Waals surface area contributed by atoms with Gasteiger partial charge in [0.2, 0.25) is 11.8 Å². The Morgan fingerprint density at radius 2 is 1.78 bits per heavy atom. The molecule has 2 amide bonds. The van der Waals surface area contributed by atoms with Crippen molar-refractivity contribution in [2.24, 2.45) is 11.8 Å². The van der Waals surface area contributed by atoms with Gasteiger partial charge in [0, 0.05) is 25.8 Å². The highest BCUT2D eigenvalue weighted by molar-refractivity contribution is 6.32. The van der Waals surface area contributed by atoms with Crippen molar-refractivity contribution in [1.82, 2.24) is 10.6 Å². The number of amides is 2. The molecular weight excluding hydrogens is 600 g/mol. The van der Waals surface area contributed by atoms with Gasteiger partial charge in [-0.2, -0.15) is 0 Å². The number of carbonyl (C=O) groups is 4. The van der Waals surface area contributed by atoms with Gasteiger partial charge < -0.3 is 29.6 Å². The maximum absolute atomic E-state index is 13.3. The third kappa shape index (κ3) is 10.1. The number of ether oxygens (including phenoxy) is 4. The predicted molar refractivity (Wildman–Crippen MR) is 167 cm³/mol. The first-order valence-electron chi connectivity index (χ1n) is 15.2. The van der Waals surface area contributed by atoms with Crippen molar-refractivity contribution in [2.45, 2.75) is 76.9 Å². The Hall–Kier alpha value is -3.89. The molecule has 45 heavy (non-hydrogen) atoms. The molecular formula is C34H41ClN2O8. The van der Waals surface area contributed by atoms with E-state index in [4.69, 9.17) is 30.5 Å². The number of hydrogen-bond acceptors (Lipinski definition) is 8. The Balaban J connectivity index is 1.54. The molecule has 6 atom stereocenters. The molecule has 242 valence electrons. The number of hydrogen-bond donors (Lipinski definition) is 2. The van der Waals surface area contributed by atoms with Crippen LogP contribution in [0.25, 0.3) is 0 Å². The molecule has 0 spiro atoms. The Kier molecular flexibility index (Phi) is 12.0. The molecule has 0 aromatic heterocycles. The minimum Gasteiger partial charge on any atom is -0.495 e. The summed E-state index contributed by atoms with van der Waals surface area (Å²) in [5.41, 5.74) is 1.73. The fourth-order valence-corrected chi connectivity index (χ4v) is 5.40. The number of rotatable bonds is 8. The summed E-state index contributed by atoms with van der Waals surface area (Å²) in [6.45, 7) is 5.37. The first-order valence-corrected chi connectivity index (χ1v) is 15.6. The summed E-state index contributed by atoms with van der Waals surface area (Å²) < 4.78 is 22.6. The molecule has 0 aliphatic carbocycles. The van der Waals surface area contributed by atoms with E-state index in [1.54, 1.807) is 31.2 Å². The quantitative estimate of drug-likeness (QED) is 0.319. The Morgan fingerprint density at radius 3 is 2.47 bits per heavy atom. The van der Waals surface area contributed by atoms with E-state index in [0.29, 0.717) is 22.8 Å². The lowest BCUT2D eigenvalue weighted by atomic mass is 10.0. The van der Waals surface area contributed by atoms with Gasteiger partial charge in [-0.3, -0.25) is 14.4 Å². The second-order valence-corrected chi connectivity index (χ2v) is 12.3. The standard InChI is InChI=1S/C34H41ClN2O8/c1-20(2)15-29-34(41)43-24(18-28-31(44-28)23-9-6-5-7-10-23)11-8-12-30(38)37-26(32(39)36-19-21(3)33(40)45-29)17-22-13-14-27(42-4)25(35)16-22/h5-10,12-14,16,20-21,24,26,28-29,31H,11,15,17-19H2,1-4H3,(H,36,39)(H,37,38). The maximum atomic E-state index is 13.3. The summed E-state index contributed by atoms with van der Waals surface area (Å²) >= 11 is 6.29. The topological polar surface area (TPSA) is 133 Å². The number of halogens is 1. The van der Waals surface area contributed by atoms with Gasteiger partial charge in [0.05, 0.1) is 24.2 Å². The Labute approximate surface area is 268 Å². The molecule has 2 N–H and O–H groups in total. The highest BCUT2D eigenvalue weighted by Gasteiger charge is 2.42. The van der Waals surface area contributed by atoms with Gasteiger partial charge >= 0.3 is 11.9 Å². The predicted octanol–water partition coefficient (Wildman–Crippen LogP) is 4.49. The highest BCUT2D eigenvalue weighted by atomic mass is 35.5. The molecule has 2 aromatic carbocycles. The van der Waals surface area contributed by atoms with E-state index in [9.17, 15) is 19.2 Å². The normalized spacial score (nSPS) is 26.4. The van der Waals surface area contributed by atoms with Crippen molar-refractivity contribution in [3.05, 3.63) is 76.8 Å². The summed E-state index contributed by atoms with van der Waals surface area (Å²) in [6, 6.07) is 13.9. The van der Waals surface area contributed by atoms with Crippen molar-refractivity contribution in [2.75, 3.05) is 13.7 Å². The Bertz CT molecular complexity index is 1380. The Morgan fingerprint density at radius 1 is 1.02 bits per heavy atom. The molecule has 6 unspecified atom stereocenters. The molecule has 2 aliphatic heterocycles. The van der Waals surface area contributed by atoms with E-state index < -0.39 is 47.9 Å². The zero-order valence-electron chi connectivity index (χ0n) is 26.0. The molecule has 0 radical (unpaired) electrons. The van der Waals surface area contributed by atoms with Crippen molar-refractivity contribution in [1.29, 1.82) is 0 Å². The second-order valence-electron chi connectivity index (χ2n) is 11.9. The maximum Gasteiger partial charge on any atom is 0.347 e. The average Bonchev–Trinajstić information content (AvgIpc) is 3.77. The van der Waals surface area contributed by atoms with Crippen LogP contribution in [0.3, 0.4) is 0 Å². The second kappa shape index (κ2) is 15.9. The zero-order valence-corrected chi connectivity index (χ0v) is 26.8. The van der Waals surface area contributed by atoms with Gasteiger partial charge in [-0.15, -0.1) is 0 Å². The average molecular weight is 641 g/mol. The molecule has 0 saturated carbocycles. The smallest absolute Gasteiger partial charge is 0.347 e. The summed E-state index contributed by atoms with van der Waals surface area (Å²) in [5, 5.41) is 5.84. The fraction of sp³-hybridized carbons (Fsp3) is 0.471. The van der Waals surface area contributed by atoms with Crippen molar-refractivity contribution in [3.63, 3.8) is 0 Å². The lowest BCUT2D eigenvalue weighted by molar-refractivity contribution is -0.174. The largest absolute Gasteiger partial charge is 0.495 e. The number of methoxy groups -OCH3 is 1. The molecule has 2 heterocycles. The van der Waals surface area contributed by atoms with Gasteiger partial charge in [-0.25, -0.2) is 4.79 Å². The van der Waals surface area contributed by atoms with Crippen LogP contribution in [-0.4, -0.2) is 61.8 Å². The number of esters is 2. The van der Waals surface area contributed by atoms with E-state index >= 15 is 0 Å². The van der Waals surface area contributed by atoms with Gasteiger partial charge in [0.1, 0.15) is 24.0 Å². The van der Waals surface area contributed by atoms with Crippen molar-refractivity contribution < 1.29 is 38.1 Å². The zero-order chi connectivity index (χ0) is 32.5. The van der Waals surface area contributed by atoms with Crippen molar-refractivity contribution in [3.8, 4) is 5.75 Å². The number of benzene rings is 2. The van der Waals surface area contributed by atoms with Gasteiger partial charge in [-0.05, 0) is 41.7 Å². The van der Waals surface area contributed by atoms with Gasteiger partial charge in [-0.1, -0.05) is 74.8 Å². The lowest BCUT2D eigenvalue weighted by Gasteiger charge is -2.24. The van der Waals surface area contributed by atoms with Crippen LogP contribution < -0.4 is 15.4 Å². The molecule has 0 bridgehead atoms. The molecule has 4 rings (SSSR count). The first kappa shape index (κ1) is 34.0. The molecule has 11 heteroatoms. The SMILES string of the molecule is COc1ccc(CC2NC(=O)C=CCC(CC3OC3c3ccccc3)OC(=O)C(CC(C)C)OC(=O)C(C)CNC2=O)cc1Cl. The van der Waals surface area contributed by atoms with Gasteiger partial charge in [0.15, 0.2) is 6.10 Å². The van der Waals surface area contributed by atoms with Crippen LogP contribution in [0.15, 0.2) is 60.7 Å². The number of nitrogens with one attached hydrogen (secondary N) is 2. The van der Waals surface area contributed by atoms with Crippen LogP contribution in [0.5, 0.6) is 5.75 Å². The summed E-state index contributed by atoms with van der Waals surface area (Å²) in [6.07, 6.45) is 1.90. The van der Waals surface area contributed by atoms with E-state index in [2.05, 4.69) is 10.6 Å². The van der Waals surface area contributed by atoms with Gasteiger partial charge in [0.25, 0.3) is 0 Å². The number of epoxide rings is 1. The summed E-state index contributed by atoms with van der Waals surface area (Å²) in [4.78, 5) is 52.6. The first-order chi connectivity index (χ1) is 21.5. The molecule has 10 nitrogen and oxygen atoms in total. The molecule has 1 fully saturated rings.